The van der Waals surface area contributed by atoms with E-state index in [1.54, 1.807) is 24.4 Å². The first-order valence-corrected chi connectivity index (χ1v) is 11.0. The first-order chi connectivity index (χ1) is 14.4. The quantitative estimate of drug-likeness (QED) is 0.510. The second kappa shape index (κ2) is 9.64. The van der Waals surface area contributed by atoms with E-state index >= 15 is 0 Å². The van der Waals surface area contributed by atoms with E-state index in [1.165, 1.54) is 22.7 Å². The largest absolute Gasteiger partial charge is 0.339 e. The number of thiophene rings is 1. The van der Waals surface area contributed by atoms with Crippen LogP contribution in [0.5, 0.6) is 0 Å². The maximum Gasteiger partial charge on any atom is 0.281 e. The van der Waals surface area contributed by atoms with Crippen LogP contribution in [0.3, 0.4) is 0 Å². The Morgan fingerprint density at radius 2 is 1.70 bits per heavy atom. The summed E-state index contributed by atoms with van der Waals surface area (Å²) in [6.07, 6.45) is 0. The van der Waals surface area contributed by atoms with E-state index in [1.807, 2.05) is 44.2 Å². The zero-order valence-electron chi connectivity index (χ0n) is 16.8. The minimum atomic E-state index is -0.790. The number of rotatable bonds is 6. The fraction of sp³-hybridized carbons (Fsp3) is 0.238. The summed E-state index contributed by atoms with van der Waals surface area (Å²) < 4.78 is 0. The molecule has 0 bridgehead atoms. The zero-order valence-corrected chi connectivity index (χ0v) is 18.4. The number of aryl methyl sites for hydroxylation is 1. The number of carbonyl (C=O) groups is 3. The van der Waals surface area contributed by atoms with Crippen LogP contribution in [-0.2, 0) is 4.79 Å². The third-order valence-electron chi connectivity index (χ3n) is 4.30. The molecule has 3 amide bonds. The molecular formula is C21H22N4O3S2. The van der Waals surface area contributed by atoms with Gasteiger partial charge in [-0.15, -0.1) is 22.7 Å². The summed E-state index contributed by atoms with van der Waals surface area (Å²) in [4.78, 5) is 42.8. The smallest absolute Gasteiger partial charge is 0.281 e. The lowest BCUT2D eigenvalue weighted by atomic mass is 10.0. The molecule has 1 aromatic carbocycles. The first kappa shape index (κ1) is 21.7. The summed E-state index contributed by atoms with van der Waals surface area (Å²) in [5, 5.41) is 5.24. The third kappa shape index (κ3) is 5.11. The van der Waals surface area contributed by atoms with Gasteiger partial charge in [0.1, 0.15) is 15.9 Å². The monoisotopic (exact) mass is 442 g/mol. The van der Waals surface area contributed by atoms with Gasteiger partial charge in [0.25, 0.3) is 17.7 Å². The molecule has 3 N–H and O–H groups in total. The number of benzene rings is 1. The molecule has 156 valence electrons. The summed E-state index contributed by atoms with van der Waals surface area (Å²) >= 11 is 2.55. The van der Waals surface area contributed by atoms with Crippen molar-refractivity contribution >= 4 is 40.4 Å². The van der Waals surface area contributed by atoms with Crippen molar-refractivity contribution in [2.45, 2.75) is 26.8 Å². The molecule has 1 unspecified atom stereocenters. The number of hydrogen-bond donors (Lipinski definition) is 3. The average molecular weight is 443 g/mol. The van der Waals surface area contributed by atoms with Crippen LogP contribution in [0.25, 0.3) is 10.6 Å². The van der Waals surface area contributed by atoms with E-state index in [0.717, 1.165) is 10.6 Å². The van der Waals surface area contributed by atoms with Crippen LogP contribution < -0.4 is 16.2 Å². The normalized spacial score (nSPS) is 11.7. The van der Waals surface area contributed by atoms with Gasteiger partial charge in [-0.3, -0.25) is 25.2 Å². The van der Waals surface area contributed by atoms with Gasteiger partial charge >= 0.3 is 0 Å². The lowest BCUT2D eigenvalue weighted by Crippen LogP contribution is -2.54. The molecule has 0 saturated carbocycles. The Labute approximate surface area is 182 Å². The van der Waals surface area contributed by atoms with Gasteiger partial charge in [0, 0.05) is 5.56 Å². The van der Waals surface area contributed by atoms with Gasteiger partial charge in [0.2, 0.25) is 0 Å². The molecule has 0 spiro atoms. The van der Waals surface area contributed by atoms with Crippen molar-refractivity contribution in [1.29, 1.82) is 0 Å². The van der Waals surface area contributed by atoms with Gasteiger partial charge in [-0.25, -0.2) is 4.98 Å². The number of hydrazine groups is 1. The molecule has 9 heteroatoms. The average Bonchev–Trinajstić information content (AvgIpc) is 3.40. The minimum Gasteiger partial charge on any atom is -0.339 e. The number of nitrogens with one attached hydrogen (secondary N) is 3. The molecule has 0 aliphatic heterocycles. The zero-order chi connectivity index (χ0) is 21.7. The topological polar surface area (TPSA) is 100 Å². The van der Waals surface area contributed by atoms with E-state index in [9.17, 15) is 14.4 Å². The summed E-state index contributed by atoms with van der Waals surface area (Å²) in [6, 6.07) is 12.2. The Balaban J connectivity index is 1.63. The highest BCUT2D eigenvalue weighted by atomic mass is 32.1. The molecule has 0 aliphatic rings. The summed E-state index contributed by atoms with van der Waals surface area (Å²) in [5.74, 6) is -1.43. The number of nitrogens with zero attached hydrogens (tertiary/aromatic N) is 1. The minimum absolute atomic E-state index is 0.166. The summed E-state index contributed by atoms with van der Waals surface area (Å²) in [7, 11) is 0. The van der Waals surface area contributed by atoms with Gasteiger partial charge in [-0.1, -0.05) is 50.2 Å². The van der Waals surface area contributed by atoms with Gasteiger partial charge < -0.3 is 5.32 Å². The molecule has 0 fully saturated rings. The Morgan fingerprint density at radius 1 is 0.967 bits per heavy atom. The van der Waals surface area contributed by atoms with Gasteiger partial charge in [-0.05, 0) is 24.3 Å². The summed E-state index contributed by atoms with van der Waals surface area (Å²) in [6.45, 7) is 5.39. The van der Waals surface area contributed by atoms with E-state index in [-0.39, 0.29) is 11.8 Å². The fourth-order valence-electron chi connectivity index (χ4n) is 2.72. The van der Waals surface area contributed by atoms with Crippen molar-refractivity contribution in [1.82, 2.24) is 21.2 Å². The molecule has 0 saturated heterocycles. The maximum atomic E-state index is 12.6. The highest BCUT2D eigenvalue weighted by molar-refractivity contribution is 7.17. The molecule has 2 aromatic heterocycles. The molecule has 0 radical (unpaired) electrons. The van der Waals surface area contributed by atoms with Crippen molar-refractivity contribution < 1.29 is 14.4 Å². The Hall–Kier alpha value is -3.04. The van der Waals surface area contributed by atoms with Crippen molar-refractivity contribution in [3.8, 4) is 10.6 Å². The molecular weight excluding hydrogens is 420 g/mol. The second-order valence-corrected chi connectivity index (χ2v) is 8.86. The van der Waals surface area contributed by atoms with E-state index in [4.69, 9.17) is 0 Å². The van der Waals surface area contributed by atoms with Crippen LogP contribution in [0.4, 0.5) is 0 Å². The fourth-order valence-corrected chi connectivity index (χ4v) is 4.31. The SMILES string of the molecule is Cc1nc(-c2ccccc2)sc1C(=O)NNC(=O)C(NC(=O)c1cccs1)C(C)C. The second-order valence-electron chi connectivity index (χ2n) is 6.92. The van der Waals surface area contributed by atoms with Crippen LogP contribution in [0.2, 0.25) is 0 Å². The van der Waals surface area contributed by atoms with E-state index < -0.39 is 17.9 Å². The van der Waals surface area contributed by atoms with Crippen LogP contribution >= 0.6 is 22.7 Å². The van der Waals surface area contributed by atoms with Crippen molar-refractivity contribution in [2.75, 3.05) is 0 Å². The highest BCUT2D eigenvalue weighted by Crippen LogP contribution is 2.27. The maximum absolute atomic E-state index is 12.6. The number of thiazole rings is 1. The molecule has 30 heavy (non-hydrogen) atoms. The third-order valence-corrected chi connectivity index (χ3v) is 6.38. The van der Waals surface area contributed by atoms with Crippen LogP contribution in [0, 0.1) is 12.8 Å². The Morgan fingerprint density at radius 3 is 2.33 bits per heavy atom. The van der Waals surface area contributed by atoms with Crippen molar-refractivity contribution in [3.05, 3.63) is 63.3 Å². The lowest BCUT2D eigenvalue weighted by Gasteiger charge is -2.21. The number of carbonyl (C=O) groups excluding carboxylic acids is 3. The van der Waals surface area contributed by atoms with Crippen LogP contribution in [-0.4, -0.2) is 28.7 Å². The summed E-state index contributed by atoms with van der Waals surface area (Å²) in [5.41, 5.74) is 6.35. The predicted octanol–water partition coefficient (Wildman–Crippen LogP) is 3.40. The molecule has 7 nitrogen and oxygen atoms in total. The standard InChI is InChI=1S/C21H22N4O3S2/c1-12(2)16(23-18(26)15-10-7-11-29-15)19(27)24-25-20(28)17-13(3)22-21(30-17)14-8-5-4-6-9-14/h4-12,16H,1-3H3,(H,23,26)(H,24,27)(H,25,28). The number of hydrogen-bond acceptors (Lipinski definition) is 6. The Kier molecular flexibility index (Phi) is 6.96. The Bertz CT molecular complexity index is 1030. The van der Waals surface area contributed by atoms with E-state index in [0.29, 0.717) is 15.4 Å². The molecule has 3 rings (SSSR count). The predicted molar refractivity (Wildman–Crippen MR) is 118 cm³/mol. The molecule has 3 aromatic rings. The van der Waals surface area contributed by atoms with Gasteiger partial charge in [0.05, 0.1) is 10.6 Å². The van der Waals surface area contributed by atoms with Crippen LogP contribution in [0.1, 0.15) is 38.9 Å². The molecule has 2 heterocycles. The van der Waals surface area contributed by atoms with Gasteiger partial charge in [0.15, 0.2) is 0 Å². The lowest BCUT2D eigenvalue weighted by molar-refractivity contribution is -0.124. The van der Waals surface area contributed by atoms with Gasteiger partial charge in [-0.2, -0.15) is 0 Å². The van der Waals surface area contributed by atoms with Crippen molar-refractivity contribution in [3.63, 3.8) is 0 Å². The number of amides is 3. The molecule has 1 atom stereocenters. The van der Waals surface area contributed by atoms with Crippen molar-refractivity contribution in [2.24, 2.45) is 5.92 Å². The first-order valence-electron chi connectivity index (χ1n) is 9.34. The highest BCUT2D eigenvalue weighted by Gasteiger charge is 2.26. The number of aromatic nitrogens is 1. The molecule has 0 aliphatic carbocycles. The van der Waals surface area contributed by atoms with E-state index in [2.05, 4.69) is 21.2 Å². The van der Waals surface area contributed by atoms with Crippen LogP contribution in [0.15, 0.2) is 47.8 Å².